The topological polar surface area (TPSA) is 42.2 Å². The number of hydrogen-bond donors (Lipinski definition) is 1. The molecule has 0 aliphatic carbocycles. The third-order valence-electron chi connectivity index (χ3n) is 1.29. The molecular formula is C7H6ClF2NO2. The highest BCUT2D eigenvalue weighted by atomic mass is 35.5. The van der Waals surface area contributed by atoms with Gasteiger partial charge in [-0.3, -0.25) is 4.79 Å². The summed E-state index contributed by atoms with van der Waals surface area (Å²) in [5.41, 5.74) is 0.592. The Bertz CT molecular complexity index is 281. The van der Waals surface area contributed by atoms with E-state index in [-0.39, 0.29) is 6.54 Å². The molecule has 0 unspecified atom stereocenters. The molecule has 0 spiro atoms. The number of furan rings is 1. The van der Waals surface area contributed by atoms with Crippen molar-refractivity contribution < 1.29 is 18.0 Å². The molecule has 0 fully saturated rings. The summed E-state index contributed by atoms with van der Waals surface area (Å²) >= 11 is 4.45. The normalized spacial score (nSPS) is 11.3. The van der Waals surface area contributed by atoms with E-state index in [0.29, 0.717) is 5.56 Å². The van der Waals surface area contributed by atoms with Gasteiger partial charge in [0.1, 0.15) is 0 Å². The lowest BCUT2D eigenvalue weighted by Crippen LogP contribution is -2.35. The van der Waals surface area contributed by atoms with Crippen LogP contribution in [0, 0.1) is 0 Å². The average molecular weight is 210 g/mol. The maximum absolute atomic E-state index is 12.1. The van der Waals surface area contributed by atoms with Crippen LogP contribution in [0.1, 0.15) is 5.56 Å². The van der Waals surface area contributed by atoms with Gasteiger partial charge in [-0.15, -0.1) is 0 Å². The number of alkyl halides is 3. The van der Waals surface area contributed by atoms with E-state index >= 15 is 0 Å². The van der Waals surface area contributed by atoms with E-state index in [9.17, 15) is 13.6 Å². The third kappa shape index (κ3) is 3.02. The Kier molecular flexibility index (Phi) is 2.87. The largest absolute Gasteiger partial charge is 0.472 e. The zero-order valence-electron chi connectivity index (χ0n) is 6.39. The van der Waals surface area contributed by atoms with Gasteiger partial charge in [-0.1, -0.05) is 0 Å². The minimum Gasteiger partial charge on any atom is -0.472 e. The molecule has 0 aromatic carbocycles. The summed E-state index contributed by atoms with van der Waals surface area (Å²) in [5, 5.41) is -1.91. The molecule has 6 heteroatoms. The first-order chi connectivity index (χ1) is 6.00. The third-order valence-corrected chi connectivity index (χ3v) is 1.46. The van der Waals surface area contributed by atoms with Crippen molar-refractivity contribution in [3.05, 3.63) is 24.2 Å². The second-order valence-electron chi connectivity index (χ2n) is 2.31. The highest BCUT2D eigenvalue weighted by Crippen LogP contribution is 2.18. The monoisotopic (exact) mass is 209 g/mol. The van der Waals surface area contributed by atoms with Crippen molar-refractivity contribution in [2.75, 3.05) is 0 Å². The lowest BCUT2D eigenvalue weighted by Gasteiger charge is -2.07. The number of carbonyl (C=O) groups is 1. The molecule has 13 heavy (non-hydrogen) atoms. The molecule has 1 heterocycles. The smallest absolute Gasteiger partial charge is 0.399 e. The molecule has 0 aliphatic rings. The highest BCUT2D eigenvalue weighted by Gasteiger charge is 2.35. The fourth-order valence-electron chi connectivity index (χ4n) is 0.676. The quantitative estimate of drug-likeness (QED) is 0.771. The van der Waals surface area contributed by atoms with Crippen molar-refractivity contribution in [1.29, 1.82) is 0 Å². The Morgan fingerprint density at radius 3 is 2.85 bits per heavy atom. The van der Waals surface area contributed by atoms with Gasteiger partial charge in [0.15, 0.2) is 0 Å². The van der Waals surface area contributed by atoms with Crippen LogP contribution in [0.3, 0.4) is 0 Å². The highest BCUT2D eigenvalue weighted by molar-refractivity contribution is 6.32. The lowest BCUT2D eigenvalue weighted by molar-refractivity contribution is -0.135. The van der Waals surface area contributed by atoms with E-state index in [2.05, 4.69) is 16.0 Å². The van der Waals surface area contributed by atoms with E-state index in [1.54, 1.807) is 6.07 Å². The van der Waals surface area contributed by atoms with Crippen LogP contribution >= 0.6 is 11.6 Å². The number of nitrogens with one attached hydrogen (secondary N) is 1. The van der Waals surface area contributed by atoms with Crippen LogP contribution in [-0.4, -0.2) is 11.3 Å². The number of carbonyl (C=O) groups excluding carboxylic acids is 1. The summed E-state index contributed by atoms with van der Waals surface area (Å²) in [6.07, 6.45) is 2.72. The molecule has 3 nitrogen and oxygen atoms in total. The predicted octanol–water partition coefficient (Wildman–Crippen LogP) is 1.73. The van der Waals surface area contributed by atoms with Crippen LogP contribution in [-0.2, 0) is 11.3 Å². The van der Waals surface area contributed by atoms with Gasteiger partial charge in [0.25, 0.3) is 0 Å². The minimum atomic E-state index is -3.86. The SMILES string of the molecule is O=C(NCc1ccoc1)C(F)(F)Cl. The molecule has 1 N–H and O–H groups in total. The minimum absolute atomic E-state index is 0.0301. The Labute approximate surface area is 77.7 Å². The zero-order chi connectivity index (χ0) is 9.90. The van der Waals surface area contributed by atoms with Crippen molar-refractivity contribution in [2.45, 2.75) is 11.9 Å². The van der Waals surface area contributed by atoms with Gasteiger partial charge in [-0.2, -0.15) is 8.78 Å². The van der Waals surface area contributed by atoms with E-state index in [1.165, 1.54) is 12.5 Å². The summed E-state index contributed by atoms with van der Waals surface area (Å²) in [7, 11) is 0. The molecule has 0 atom stereocenters. The van der Waals surface area contributed by atoms with Gasteiger partial charge in [-0.25, -0.2) is 0 Å². The van der Waals surface area contributed by atoms with Gasteiger partial charge in [0.2, 0.25) is 0 Å². The number of hydrogen-bond acceptors (Lipinski definition) is 2. The molecule has 0 aliphatic heterocycles. The first-order valence-corrected chi connectivity index (χ1v) is 3.74. The van der Waals surface area contributed by atoms with Crippen LogP contribution < -0.4 is 5.32 Å². The predicted molar refractivity (Wildman–Crippen MR) is 41.4 cm³/mol. The second-order valence-corrected chi connectivity index (χ2v) is 2.79. The van der Waals surface area contributed by atoms with Crippen LogP contribution in [0.15, 0.2) is 23.0 Å². The Morgan fingerprint density at radius 2 is 2.38 bits per heavy atom. The van der Waals surface area contributed by atoms with Crippen molar-refractivity contribution in [1.82, 2.24) is 5.32 Å². The van der Waals surface area contributed by atoms with E-state index in [4.69, 9.17) is 0 Å². The van der Waals surface area contributed by atoms with Crippen LogP contribution in [0.2, 0.25) is 0 Å². The standard InChI is InChI=1S/C7H6ClF2NO2/c8-7(9,10)6(12)11-3-5-1-2-13-4-5/h1-2,4H,3H2,(H,11,12). The number of halogens is 3. The maximum Gasteiger partial charge on any atom is 0.399 e. The Hall–Kier alpha value is -1.10. The zero-order valence-corrected chi connectivity index (χ0v) is 7.15. The van der Waals surface area contributed by atoms with Gasteiger partial charge >= 0.3 is 11.3 Å². The van der Waals surface area contributed by atoms with Gasteiger partial charge in [-0.05, 0) is 17.7 Å². The molecule has 1 aromatic rings. The Balaban J connectivity index is 2.40. The molecule has 0 saturated carbocycles. The molecule has 72 valence electrons. The molecule has 1 rings (SSSR count). The van der Waals surface area contributed by atoms with Crippen LogP contribution in [0.25, 0.3) is 0 Å². The van der Waals surface area contributed by atoms with Crippen molar-refractivity contribution in [2.24, 2.45) is 0 Å². The average Bonchev–Trinajstić information content (AvgIpc) is 2.50. The molecule has 1 aromatic heterocycles. The van der Waals surface area contributed by atoms with Crippen molar-refractivity contribution in [3.8, 4) is 0 Å². The van der Waals surface area contributed by atoms with Gasteiger partial charge in [0.05, 0.1) is 12.5 Å². The molecular weight excluding hydrogens is 204 g/mol. The van der Waals surface area contributed by atoms with E-state index < -0.39 is 11.3 Å². The van der Waals surface area contributed by atoms with Gasteiger partial charge in [0, 0.05) is 12.1 Å². The summed E-state index contributed by atoms with van der Waals surface area (Å²) < 4.78 is 28.8. The van der Waals surface area contributed by atoms with E-state index in [1.807, 2.05) is 5.32 Å². The maximum atomic E-state index is 12.1. The first-order valence-electron chi connectivity index (χ1n) is 3.36. The summed E-state index contributed by atoms with van der Waals surface area (Å²) in [6.45, 7) is -0.0301. The summed E-state index contributed by atoms with van der Waals surface area (Å²) in [5.74, 6) is -1.52. The lowest BCUT2D eigenvalue weighted by atomic mass is 10.3. The summed E-state index contributed by atoms with van der Waals surface area (Å²) in [6, 6.07) is 1.55. The van der Waals surface area contributed by atoms with Crippen molar-refractivity contribution in [3.63, 3.8) is 0 Å². The molecule has 0 saturated heterocycles. The summed E-state index contributed by atoms with van der Waals surface area (Å²) in [4.78, 5) is 10.5. The van der Waals surface area contributed by atoms with Crippen LogP contribution in [0.4, 0.5) is 8.78 Å². The van der Waals surface area contributed by atoms with Gasteiger partial charge < -0.3 is 9.73 Å². The van der Waals surface area contributed by atoms with Crippen molar-refractivity contribution >= 4 is 17.5 Å². The number of amides is 1. The molecule has 1 amide bonds. The Morgan fingerprint density at radius 1 is 1.69 bits per heavy atom. The van der Waals surface area contributed by atoms with E-state index in [0.717, 1.165) is 0 Å². The number of rotatable bonds is 3. The molecule has 0 bridgehead atoms. The second kappa shape index (κ2) is 3.74. The first kappa shape index (κ1) is 9.98. The molecule has 0 radical (unpaired) electrons. The fourth-order valence-corrected chi connectivity index (χ4v) is 0.743. The van der Waals surface area contributed by atoms with Crippen LogP contribution in [0.5, 0.6) is 0 Å². The fraction of sp³-hybridized carbons (Fsp3) is 0.286.